The van der Waals surface area contributed by atoms with Gasteiger partial charge in [0.1, 0.15) is 5.60 Å². The second-order valence-corrected chi connectivity index (χ2v) is 4.93. The average molecular weight is 210 g/mol. The summed E-state index contributed by atoms with van der Waals surface area (Å²) in [4.78, 5) is 11.3. The van der Waals surface area contributed by atoms with Gasteiger partial charge >= 0.3 is 5.97 Å². The molecule has 0 radical (unpaired) electrons. The van der Waals surface area contributed by atoms with Crippen LogP contribution in [-0.2, 0) is 9.53 Å². The highest BCUT2D eigenvalue weighted by molar-refractivity contribution is 5.90. The molecular formula is C12H18O3. The molecule has 1 N–H and O–H groups in total. The average Bonchev–Trinajstić information content (AvgIpc) is 2.49. The lowest BCUT2D eigenvalue weighted by atomic mass is 9.73. The molecule has 0 atom stereocenters. The molecule has 0 amide bonds. The van der Waals surface area contributed by atoms with Crippen LogP contribution in [0.3, 0.4) is 0 Å². The van der Waals surface area contributed by atoms with Gasteiger partial charge in [-0.3, -0.25) is 0 Å². The highest BCUT2D eigenvalue weighted by atomic mass is 16.6. The Labute approximate surface area is 90.1 Å². The zero-order chi connectivity index (χ0) is 11.1. The number of ether oxygens (including phenoxy) is 1. The third kappa shape index (κ3) is 1.81. The Bertz CT molecular complexity index is 280. The molecule has 1 aliphatic heterocycles. The molecule has 2 fully saturated rings. The summed E-state index contributed by atoms with van der Waals surface area (Å²) in [6, 6.07) is 0. The summed E-state index contributed by atoms with van der Waals surface area (Å²) in [6.45, 7) is 5.70. The van der Waals surface area contributed by atoms with Gasteiger partial charge in [0.25, 0.3) is 0 Å². The molecule has 0 aromatic carbocycles. The number of hydrogen-bond acceptors (Lipinski definition) is 3. The first-order chi connectivity index (χ1) is 6.99. The van der Waals surface area contributed by atoms with Gasteiger partial charge in [0, 0.05) is 12.0 Å². The smallest absolute Gasteiger partial charge is 0.334 e. The van der Waals surface area contributed by atoms with Crippen molar-refractivity contribution in [1.29, 1.82) is 0 Å². The number of rotatable bonds is 1. The quantitative estimate of drug-likeness (QED) is 0.531. The Morgan fingerprint density at radius 1 is 1.40 bits per heavy atom. The topological polar surface area (TPSA) is 46.5 Å². The lowest BCUT2D eigenvalue weighted by Gasteiger charge is -2.40. The van der Waals surface area contributed by atoms with Gasteiger partial charge in [-0.05, 0) is 32.1 Å². The monoisotopic (exact) mass is 210 g/mol. The summed E-state index contributed by atoms with van der Waals surface area (Å²) in [5.74, 6) is -0.253. The molecule has 0 bridgehead atoms. The number of esters is 1. The van der Waals surface area contributed by atoms with Crippen LogP contribution >= 0.6 is 0 Å². The molecule has 3 nitrogen and oxygen atoms in total. The second-order valence-electron chi connectivity index (χ2n) is 4.93. The number of carbonyl (C=O) groups excluding carboxylic acids is 1. The molecular weight excluding hydrogens is 192 g/mol. The predicted octanol–water partition coefficient (Wildman–Crippen LogP) is 1.94. The third-order valence-electron chi connectivity index (χ3n) is 3.88. The maximum absolute atomic E-state index is 11.3. The van der Waals surface area contributed by atoms with Crippen LogP contribution in [0.15, 0.2) is 12.2 Å². The van der Waals surface area contributed by atoms with Crippen LogP contribution in [0.25, 0.3) is 0 Å². The summed E-state index contributed by atoms with van der Waals surface area (Å²) < 4.78 is 5.39. The van der Waals surface area contributed by atoms with E-state index in [1.54, 1.807) is 0 Å². The first-order valence-electron chi connectivity index (χ1n) is 5.62. The van der Waals surface area contributed by atoms with Crippen LogP contribution in [-0.4, -0.2) is 22.3 Å². The minimum absolute atomic E-state index is 0.253. The predicted molar refractivity (Wildman–Crippen MR) is 56.3 cm³/mol. The van der Waals surface area contributed by atoms with Gasteiger partial charge in [0.05, 0.1) is 5.60 Å². The van der Waals surface area contributed by atoms with Gasteiger partial charge in [0.2, 0.25) is 0 Å². The first-order valence-corrected chi connectivity index (χ1v) is 5.62. The van der Waals surface area contributed by atoms with Crippen LogP contribution < -0.4 is 0 Å². The molecule has 0 aromatic heterocycles. The molecule has 1 spiro atoms. The molecule has 2 aliphatic rings. The fourth-order valence-electron chi connectivity index (χ4n) is 2.57. The lowest BCUT2D eigenvalue weighted by Crippen LogP contribution is -2.42. The van der Waals surface area contributed by atoms with Gasteiger partial charge in [0.15, 0.2) is 0 Å². The van der Waals surface area contributed by atoms with E-state index in [0.29, 0.717) is 12.0 Å². The Balaban J connectivity index is 2.05. The SMILES string of the molecule is C=C1CC2(CCC(O)(CC)CC2)OC1=O. The van der Waals surface area contributed by atoms with Crippen LogP contribution in [0.2, 0.25) is 0 Å². The first kappa shape index (κ1) is 10.7. The molecule has 2 rings (SSSR count). The van der Waals surface area contributed by atoms with E-state index in [9.17, 15) is 9.90 Å². The number of hydrogen-bond donors (Lipinski definition) is 1. The van der Waals surface area contributed by atoms with E-state index in [4.69, 9.17) is 4.74 Å². The van der Waals surface area contributed by atoms with Crippen molar-refractivity contribution in [3.63, 3.8) is 0 Å². The number of carbonyl (C=O) groups is 1. The molecule has 15 heavy (non-hydrogen) atoms. The van der Waals surface area contributed by atoms with Crippen LogP contribution in [0.1, 0.15) is 45.4 Å². The standard InChI is InChI=1S/C12H18O3/c1-3-11(14)4-6-12(7-5-11)8-9(2)10(13)15-12/h14H,2-8H2,1H3. The molecule has 1 saturated heterocycles. The zero-order valence-electron chi connectivity index (χ0n) is 9.21. The van der Waals surface area contributed by atoms with Crippen molar-refractivity contribution in [2.24, 2.45) is 0 Å². The minimum atomic E-state index is -0.540. The van der Waals surface area contributed by atoms with Crippen molar-refractivity contribution in [2.75, 3.05) is 0 Å². The van der Waals surface area contributed by atoms with E-state index in [2.05, 4.69) is 6.58 Å². The van der Waals surface area contributed by atoms with E-state index in [-0.39, 0.29) is 11.6 Å². The van der Waals surface area contributed by atoms with E-state index in [0.717, 1.165) is 32.1 Å². The third-order valence-corrected chi connectivity index (χ3v) is 3.88. The zero-order valence-corrected chi connectivity index (χ0v) is 9.21. The number of aliphatic hydroxyl groups is 1. The van der Waals surface area contributed by atoms with Crippen molar-refractivity contribution in [3.8, 4) is 0 Å². The highest BCUT2D eigenvalue weighted by Gasteiger charge is 2.48. The van der Waals surface area contributed by atoms with Gasteiger partial charge in [-0.15, -0.1) is 0 Å². The largest absolute Gasteiger partial charge is 0.455 e. The van der Waals surface area contributed by atoms with Crippen molar-refractivity contribution < 1.29 is 14.6 Å². The maximum atomic E-state index is 11.3. The normalized spacial score (nSPS) is 40.9. The van der Waals surface area contributed by atoms with E-state index >= 15 is 0 Å². The molecule has 1 saturated carbocycles. The van der Waals surface area contributed by atoms with Gasteiger partial charge in [-0.25, -0.2) is 4.79 Å². The van der Waals surface area contributed by atoms with E-state index in [1.165, 1.54) is 0 Å². The Hall–Kier alpha value is -0.830. The van der Waals surface area contributed by atoms with Gasteiger partial charge in [-0.1, -0.05) is 13.5 Å². The van der Waals surface area contributed by atoms with Crippen LogP contribution in [0, 0.1) is 0 Å². The molecule has 84 valence electrons. The summed E-state index contributed by atoms with van der Waals surface area (Å²) >= 11 is 0. The lowest BCUT2D eigenvalue weighted by molar-refractivity contribution is -0.154. The van der Waals surface area contributed by atoms with Crippen LogP contribution in [0.4, 0.5) is 0 Å². The van der Waals surface area contributed by atoms with Crippen molar-refractivity contribution in [1.82, 2.24) is 0 Å². The fraction of sp³-hybridized carbons (Fsp3) is 0.750. The molecule has 0 unspecified atom stereocenters. The summed E-state index contributed by atoms with van der Waals surface area (Å²) in [7, 11) is 0. The Morgan fingerprint density at radius 3 is 2.40 bits per heavy atom. The Kier molecular flexibility index (Phi) is 2.38. The van der Waals surface area contributed by atoms with Crippen LogP contribution in [0.5, 0.6) is 0 Å². The van der Waals surface area contributed by atoms with Gasteiger partial charge < -0.3 is 9.84 Å². The van der Waals surface area contributed by atoms with E-state index in [1.807, 2.05) is 6.92 Å². The van der Waals surface area contributed by atoms with E-state index < -0.39 is 5.60 Å². The molecule has 1 aliphatic carbocycles. The molecule has 1 heterocycles. The minimum Gasteiger partial charge on any atom is -0.455 e. The highest BCUT2D eigenvalue weighted by Crippen LogP contribution is 2.45. The summed E-state index contributed by atoms with van der Waals surface area (Å²) in [6.07, 6.45) is 4.40. The van der Waals surface area contributed by atoms with Crippen molar-refractivity contribution in [3.05, 3.63) is 12.2 Å². The van der Waals surface area contributed by atoms with Gasteiger partial charge in [-0.2, -0.15) is 0 Å². The summed E-state index contributed by atoms with van der Waals surface area (Å²) in [5, 5.41) is 10.1. The molecule has 3 heteroatoms. The fourth-order valence-corrected chi connectivity index (χ4v) is 2.57. The Morgan fingerprint density at radius 2 is 2.00 bits per heavy atom. The van der Waals surface area contributed by atoms with Crippen molar-refractivity contribution >= 4 is 5.97 Å². The maximum Gasteiger partial charge on any atom is 0.334 e. The summed E-state index contributed by atoms with van der Waals surface area (Å²) in [5.41, 5.74) is -0.297. The van der Waals surface area contributed by atoms with Crippen molar-refractivity contribution in [2.45, 2.75) is 56.7 Å². The second kappa shape index (κ2) is 3.34. The molecule has 0 aromatic rings.